The molecule has 1 heterocycles. The van der Waals surface area contributed by atoms with Gasteiger partial charge in [0, 0.05) is 6.42 Å². The minimum atomic E-state index is -0.398. The van der Waals surface area contributed by atoms with Crippen molar-refractivity contribution in [3.8, 4) is 5.75 Å². The van der Waals surface area contributed by atoms with Gasteiger partial charge in [-0.3, -0.25) is 0 Å². The Hall–Kier alpha value is -2.49. The highest BCUT2D eigenvalue weighted by molar-refractivity contribution is 5.67. The molecule has 1 unspecified atom stereocenters. The Bertz CT molecular complexity index is 757. The first-order valence-electron chi connectivity index (χ1n) is 9.04. The van der Waals surface area contributed by atoms with E-state index in [1.807, 2.05) is 30.3 Å². The number of ether oxygens (including phenoxy) is 2. The van der Waals surface area contributed by atoms with Crippen LogP contribution in [0.15, 0.2) is 42.5 Å². The van der Waals surface area contributed by atoms with Crippen molar-refractivity contribution in [1.29, 1.82) is 0 Å². The van der Waals surface area contributed by atoms with Crippen LogP contribution < -0.4 is 10.1 Å². The topological polar surface area (TPSA) is 47.6 Å². The van der Waals surface area contributed by atoms with E-state index in [9.17, 15) is 4.79 Å². The monoisotopic (exact) mass is 337 g/mol. The summed E-state index contributed by atoms with van der Waals surface area (Å²) in [4.78, 5) is 11.9. The Morgan fingerprint density at radius 2 is 1.88 bits per heavy atom. The summed E-state index contributed by atoms with van der Waals surface area (Å²) in [6, 6.07) is 14.1. The van der Waals surface area contributed by atoms with Gasteiger partial charge < -0.3 is 14.8 Å². The van der Waals surface area contributed by atoms with Crippen molar-refractivity contribution in [2.24, 2.45) is 0 Å². The molecule has 4 nitrogen and oxygen atoms in total. The van der Waals surface area contributed by atoms with Gasteiger partial charge in [-0.05, 0) is 47.9 Å². The number of carbonyl (C=O) groups excluding carboxylic acids is 1. The van der Waals surface area contributed by atoms with Crippen LogP contribution in [0.3, 0.4) is 0 Å². The van der Waals surface area contributed by atoms with Gasteiger partial charge in [0.05, 0.1) is 6.54 Å². The summed E-state index contributed by atoms with van der Waals surface area (Å²) in [5.41, 5.74) is 5.07. The molecule has 1 amide bonds. The maximum atomic E-state index is 11.9. The second-order valence-corrected chi connectivity index (χ2v) is 6.79. The molecule has 0 bridgehead atoms. The number of rotatable bonds is 4. The third-order valence-electron chi connectivity index (χ3n) is 4.98. The van der Waals surface area contributed by atoms with Gasteiger partial charge in [-0.2, -0.15) is 0 Å². The molecule has 1 aliphatic carbocycles. The highest BCUT2D eigenvalue weighted by atomic mass is 16.5. The van der Waals surface area contributed by atoms with Crippen LogP contribution in [-0.2, 0) is 30.6 Å². The van der Waals surface area contributed by atoms with Gasteiger partial charge in [0.1, 0.15) is 18.5 Å². The van der Waals surface area contributed by atoms with E-state index in [4.69, 9.17) is 9.47 Å². The molecule has 130 valence electrons. The Morgan fingerprint density at radius 1 is 1.08 bits per heavy atom. The Morgan fingerprint density at radius 3 is 2.76 bits per heavy atom. The molecule has 0 saturated heterocycles. The summed E-state index contributed by atoms with van der Waals surface area (Å²) >= 11 is 0. The van der Waals surface area contributed by atoms with E-state index in [2.05, 4.69) is 17.4 Å². The number of carbonyl (C=O) groups is 1. The molecule has 0 radical (unpaired) electrons. The van der Waals surface area contributed by atoms with Gasteiger partial charge in [0.15, 0.2) is 0 Å². The van der Waals surface area contributed by atoms with Crippen LogP contribution in [0.1, 0.15) is 35.1 Å². The fourth-order valence-corrected chi connectivity index (χ4v) is 3.69. The van der Waals surface area contributed by atoms with Crippen LogP contribution >= 0.6 is 0 Å². The number of alkyl carbamates (subject to hydrolysis) is 1. The SMILES string of the molecule is O=C(NCC1Cc2ccc3c(c2O1)CCCC3)OCc1ccccc1. The van der Waals surface area contributed by atoms with Crippen LogP contribution in [0.25, 0.3) is 0 Å². The third-order valence-corrected chi connectivity index (χ3v) is 4.98. The minimum Gasteiger partial charge on any atom is -0.488 e. The largest absolute Gasteiger partial charge is 0.488 e. The number of aryl methyl sites for hydroxylation is 1. The second kappa shape index (κ2) is 7.18. The fraction of sp³-hybridized carbons (Fsp3) is 0.381. The number of amides is 1. The van der Waals surface area contributed by atoms with E-state index in [-0.39, 0.29) is 12.7 Å². The lowest BCUT2D eigenvalue weighted by atomic mass is 9.89. The first-order chi connectivity index (χ1) is 12.3. The van der Waals surface area contributed by atoms with Gasteiger partial charge >= 0.3 is 6.09 Å². The van der Waals surface area contributed by atoms with Crippen molar-refractivity contribution >= 4 is 6.09 Å². The lowest BCUT2D eigenvalue weighted by Gasteiger charge is -2.19. The van der Waals surface area contributed by atoms with Gasteiger partial charge in [-0.1, -0.05) is 42.5 Å². The summed E-state index contributed by atoms with van der Waals surface area (Å²) in [5.74, 6) is 1.07. The van der Waals surface area contributed by atoms with Crippen LogP contribution in [-0.4, -0.2) is 18.7 Å². The molecule has 25 heavy (non-hydrogen) atoms. The van der Waals surface area contributed by atoms with Crippen molar-refractivity contribution in [2.45, 2.75) is 44.8 Å². The Labute approximate surface area is 148 Å². The summed E-state index contributed by atoms with van der Waals surface area (Å²) < 4.78 is 11.4. The minimum absolute atomic E-state index is 0.00676. The molecule has 0 spiro atoms. The first-order valence-corrected chi connectivity index (χ1v) is 9.04. The number of nitrogens with one attached hydrogen (secondary N) is 1. The smallest absolute Gasteiger partial charge is 0.407 e. The molecule has 0 fully saturated rings. The summed E-state index contributed by atoms with van der Waals surface area (Å²) in [7, 11) is 0. The quantitative estimate of drug-likeness (QED) is 0.923. The second-order valence-electron chi connectivity index (χ2n) is 6.79. The van der Waals surface area contributed by atoms with Crippen molar-refractivity contribution in [3.05, 3.63) is 64.7 Å². The van der Waals surface area contributed by atoms with E-state index in [1.54, 1.807) is 0 Å². The lowest BCUT2D eigenvalue weighted by molar-refractivity contribution is 0.133. The maximum absolute atomic E-state index is 11.9. The molecule has 4 heteroatoms. The molecule has 1 atom stereocenters. The van der Waals surface area contributed by atoms with E-state index < -0.39 is 6.09 Å². The van der Waals surface area contributed by atoms with Gasteiger partial charge in [-0.25, -0.2) is 4.79 Å². The van der Waals surface area contributed by atoms with Crippen molar-refractivity contribution in [3.63, 3.8) is 0 Å². The molecular formula is C21H23NO3. The molecule has 2 aromatic rings. The van der Waals surface area contributed by atoms with E-state index >= 15 is 0 Å². The van der Waals surface area contributed by atoms with E-state index in [0.717, 1.165) is 30.6 Å². The zero-order valence-electron chi connectivity index (χ0n) is 14.3. The number of benzene rings is 2. The van der Waals surface area contributed by atoms with Gasteiger partial charge in [-0.15, -0.1) is 0 Å². The van der Waals surface area contributed by atoms with E-state index in [0.29, 0.717) is 6.54 Å². The summed E-state index contributed by atoms with van der Waals surface area (Å²) in [5, 5.41) is 2.82. The van der Waals surface area contributed by atoms with Gasteiger partial charge in [0.2, 0.25) is 0 Å². The summed E-state index contributed by atoms with van der Waals surface area (Å²) in [6.07, 6.45) is 5.21. The van der Waals surface area contributed by atoms with Crippen molar-refractivity contribution in [1.82, 2.24) is 5.32 Å². The molecule has 0 aromatic heterocycles. The zero-order valence-corrected chi connectivity index (χ0v) is 14.3. The highest BCUT2D eigenvalue weighted by Gasteiger charge is 2.28. The highest BCUT2D eigenvalue weighted by Crippen LogP contribution is 2.38. The van der Waals surface area contributed by atoms with Crippen LogP contribution in [0, 0.1) is 0 Å². The Balaban J connectivity index is 1.29. The lowest BCUT2D eigenvalue weighted by Crippen LogP contribution is -2.34. The zero-order chi connectivity index (χ0) is 17.1. The predicted molar refractivity (Wildman–Crippen MR) is 95.8 cm³/mol. The molecule has 0 saturated carbocycles. The maximum Gasteiger partial charge on any atom is 0.407 e. The van der Waals surface area contributed by atoms with E-state index in [1.165, 1.54) is 29.5 Å². The van der Waals surface area contributed by atoms with Crippen LogP contribution in [0.2, 0.25) is 0 Å². The normalized spacial score (nSPS) is 18.0. The molecular weight excluding hydrogens is 314 g/mol. The number of fused-ring (bicyclic) bond motifs is 3. The first kappa shape index (κ1) is 16.0. The fourth-order valence-electron chi connectivity index (χ4n) is 3.69. The molecule has 1 N–H and O–H groups in total. The number of hydrogen-bond donors (Lipinski definition) is 1. The van der Waals surface area contributed by atoms with Crippen molar-refractivity contribution in [2.75, 3.05) is 6.54 Å². The van der Waals surface area contributed by atoms with Gasteiger partial charge in [0.25, 0.3) is 0 Å². The number of hydrogen-bond acceptors (Lipinski definition) is 3. The van der Waals surface area contributed by atoms with Crippen LogP contribution in [0.5, 0.6) is 5.75 Å². The summed E-state index contributed by atoms with van der Waals surface area (Å²) in [6.45, 7) is 0.753. The predicted octanol–water partition coefficient (Wildman–Crippen LogP) is 3.80. The van der Waals surface area contributed by atoms with Crippen molar-refractivity contribution < 1.29 is 14.3 Å². The third kappa shape index (κ3) is 3.63. The molecule has 4 rings (SSSR count). The average molecular weight is 337 g/mol. The average Bonchev–Trinajstić information content (AvgIpc) is 3.09. The molecule has 2 aliphatic rings. The molecule has 2 aromatic carbocycles. The molecule has 1 aliphatic heterocycles. The standard InChI is InChI=1S/C21H23NO3/c23-21(24-14-15-6-2-1-3-7-15)22-13-18-12-17-11-10-16-8-4-5-9-19(16)20(17)25-18/h1-3,6-7,10-11,18H,4-5,8-9,12-14H2,(H,22,23). The Kier molecular flexibility index (Phi) is 4.59. The van der Waals surface area contributed by atoms with Crippen LogP contribution in [0.4, 0.5) is 4.79 Å².